The highest BCUT2D eigenvalue weighted by molar-refractivity contribution is 7.13. The summed E-state index contributed by atoms with van der Waals surface area (Å²) in [5.74, 6) is 1.65. The minimum atomic E-state index is 0.586. The van der Waals surface area contributed by atoms with E-state index in [0.29, 0.717) is 13.2 Å². The van der Waals surface area contributed by atoms with Gasteiger partial charge in [0, 0.05) is 38.8 Å². The molecule has 0 aliphatic rings. The van der Waals surface area contributed by atoms with Crippen molar-refractivity contribution in [3.05, 3.63) is 82.8 Å². The van der Waals surface area contributed by atoms with Gasteiger partial charge in [-0.25, -0.2) is 4.98 Å². The van der Waals surface area contributed by atoms with E-state index in [1.165, 1.54) is 0 Å². The number of hydrogen-bond acceptors (Lipinski definition) is 6. The van der Waals surface area contributed by atoms with Crippen LogP contribution in [0, 0.1) is 20.8 Å². The molecule has 5 rings (SSSR count). The third-order valence-corrected chi connectivity index (χ3v) is 6.90. The fourth-order valence-corrected chi connectivity index (χ4v) is 5.27. The summed E-state index contributed by atoms with van der Waals surface area (Å²) in [4.78, 5) is 4.80. The number of nitrogens with zero attached hydrogens (tertiary/aromatic N) is 4. The fraction of sp³-hybridized carbons (Fsp3) is 0.222. The maximum atomic E-state index is 5.61. The molecular weight excluding hydrogens is 442 g/mol. The lowest BCUT2D eigenvalue weighted by molar-refractivity contribution is 0.340. The Morgan fingerprint density at radius 3 is 2.38 bits per heavy atom. The smallest absolute Gasteiger partial charge is 0.158 e. The van der Waals surface area contributed by atoms with Crippen molar-refractivity contribution < 1.29 is 4.74 Å². The van der Waals surface area contributed by atoms with Crippen LogP contribution in [0.25, 0.3) is 27.0 Å². The molecule has 0 saturated carbocycles. The maximum absolute atomic E-state index is 5.61. The van der Waals surface area contributed by atoms with Gasteiger partial charge in [-0.2, -0.15) is 5.10 Å². The molecular formula is C27H27N5OS. The maximum Gasteiger partial charge on any atom is 0.158 e. The van der Waals surface area contributed by atoms with Crippen LogP contribution in [0.15, 0.2) is 60.0 Å². The van der Waals surface area contributed by atoms with Crippen molar-refractivity contribution in [3.63, 3.8) is 0 Å². The lowest BCUT2D eigenvalue weighted by atomic mass is 10.1. The van der Waals surface area contributed by atoms with Crippen LogP contribution in [0.3, 0.4) is 0 Å². The summed E-state index contributed by atoms with van der Waals surface area (Å²) in [7, 11) is 0. The summed E-state index contributed by atoms with van der Waals surface area (Å²) in [6.07, 6.45) is 0. The number of aryl methyl sites for hydroxylation is 3. The molecule has 34 heavy (non-hydrogen) atoms. The molecule has 2 aromatic carbocycles. The summed E-state index contributed by atoms with van der Waals surface area (Å²) in [5, 5.41) is 17.8. The number of hydrogen-bond donors (Lipinski definition) is 1. The Morgan fingerprint density at radius 2 is 1.65 bits per heavy atom. The largest absolute Gasteiger partial charge is 0.494 e. The van der Waals surface area contributed by atoms with Gasteiger partial charge in [0.25, 0.3) is 0 Å². The molecule has 0 amide bonds. The van der Waals surface area contributed by atoms with Gasteiger partial charge in [-0.05, 0) is 52.0 Å². The van der Waals surface area contributed by atoms with Crippen LogP contribution in [0.5, 0.6) is 5.75 Å². The molecule has 0 aliphatic heterocycles. The van der Waals surface area contributed by atoms with Crippen LogP contribution < -0.4 is 10.1 Å². The Bertz CT molecular complexity index is 1440. The highest BCUT2D eigenvalue weighted by Gasteiger charge is 2.19. The van der Waals surface area contributed by atoms with Crippen LogP contribution in [-0.2, 0) is 6.54 Å². The van der Waals surface area contributed by atoms with E-state index in [0.717, 1.165) is 61.4 Å². The predicted octanol–water partition coefficient (Wildman–Crippen LogP) is 6.48. The van der Waals surface area contributed by atoms with Crippen molar-refractivity contribution in [3.8, 4) is 22.0 Å². The number of anilines is 1. The Labute approximate surface area is 203 Å². The number of ether oxygens (including phenoxy) is 1. The summed E-state index contributed by atoms with van der Waals surface area (Å²) >= 11 is 1.65. The second-order valence-corrected chi connectivity index (χ2v) is 9.04. The van der Waals surface area contributed by atoms with Gasteiger partial charge in [0.15, 0.2) is 5.82 Å². The van der Waals surface area contributed by atoms with Crippen LogP contribution in [0.2, 0.25) is 0 Å². The zero-order chi connectivity index (χ0) is 23.7. The molecule has 3 heterocycles. The van der Waals surface area contributed by atoms with Gasteiger partial charge in [-0.15, -0.1) is 16.4 Å². The zero-order valence-corrected chi connectivity index (χ0v) is 20.6. The number of thiazole rings is 1. The van der Waals surface area contributed by atoms with E-state index in [-0.39, 0.29) is 0 Å². The van der Waals surface area contributed by atoms with Gasteiger partial charge in [0.2, 0.25) is 0 Å². The second-order valence-electron chi connectivity index (χ2n) is 8.18. The fourth-order valence-electron chi connectivity index (χ4n) is 4.44. The van der Waals surface area contributed by atoms with Crippen LogP contribution >= 0.6 is 11.3 Å². The van der Waals surface area contributed by atoms with Gasteiger partial charge < -0.3 is 14.6 Å². The summed E-state index contributed by atoms with van der Waals surface area (Å²) in [6, 6.07) is 18.5. The van der Waals surface area contributed by atoms with Crippen molar-refractivity contribution in [2.24, 2.45) is 0 Å². The first-order valence-electron chi connectivity index (χ1n) is 11.4. The number of nitrogens with one attached hydrogen (secondary N) is 1. The minimum absolute atomic E-state index is 0.586. The molecule has 7 heteroatoms. The van der Waals surface area contributed by atoms with E-state index < -0.39 is 0 Å². The molecule has 172 valence electrons. The average Bonchev–Trinajstić information content (AvgIpc) is 3.43. The molecule has 1 N–H and O–H groups in total. The topological polar surface area (TPSA) is 64.9 Å². The zero-order valence-electron chi connectivity index (χ0n) is 19.8. The molecule has 0 fully saturated rings. The second kappa shape index (κ2) is 9.27. The normalized spacial score (nSPS) is 11.2. The minimum Gasteiger partial charge on any atom is -0.494 e. The Morgan fingerprint density at radius 1 is 0.912 bits per heavy atom. The molecule has 5 aromatic rings. The van der Waals surface area contributed by atoms with Crippen molar-refractivity contribution in [2.75, 3.05) is 11.9 Å². The van der Waals surface area contributed by atoms with E-state index >= 15 is 0 Å². The van der Waals surface area contributed by atoms with E-state index in [1.54, 1.807) is 11.3 Å². The number of benzene rings is 2. The van der Waals surface area contributed by atoms with Gasteiger partial charge in [-0.3, -0.25) is 0 Å². The highest BCUT2D eigenvalue weighted by Crippen LogP contribution is 2.34. The van der Waals surface area contributed by atoms with Gasteiger partial charge in [-0.1, -0.05) is 30.3 Å². The van der Waals surface area contributed by atoms with Crippen LogP contribution in [0.1, 0.15) is 29.7 Å². The van der Waals surface area contributed by atoms with E-state index in [4.69, 9.17) is 9.72 Å². The molecule has 0 aliphatic carbocycles. The average molecular weight is 470 g/mol. The van der Waals surface area contributed by atoms with Crippen molar-refractivity contribution in [1.82, 2.24) is 19.7 Å². The molecule has 0 atom stereocenters. The molecule has 6 nitrogen and oxygen atoms in total. The first kappa shape index (κ1) is 22.1. The molecule has 3 aromatic heterocycles. The summed E-state index contributed by atoms with van der Waals surface area (Å²) < 4.78 is 7.88. The van der Waals surface area contributed by atoms with Crippen LogP contribution in [-0.4, -0.2) is 26.4 Å². The number of aromatic nitrogens is 4. The SMILES string of the molecule is CCOc1ccc(-n2c(C)c3c(C)nnc(NCc4csc(-c5ccccc5)n4)c3c2C)cc1. The predicted molar refractivity (Wildman–Crippen MR) is 139 cm³/mol. The Balaban J connectivity index is 1.47. The third kappa shape index (κ3) is 4.03. The van der Waals surface area contributed by atoms with Crippen molar-refractivity contribution in [1.29, 1.82) is 0 Å². The van der Waals surface area contributed by atoms with Crippen LogP contribution in [0.4, 0.5) is 5.82 Å². The summed E-state index contributed by atoms with van der Waals surface area (Å²) in [6.45, 7) is 9.52. The molecule has 0 saturated heterocycles. The van der Waals surface area contributed by atoms with E-state index in [9.17, 15) is 0 Å². The molecule has 0 spiro atoms. The van der Waals surface area contributed by atoms with Gasteiger partial charge >= 0.3 is 0 Å². The third-order valence-electron chi connectivity index (χ3n) is 5.96. The number of rotatable bonds is 7. The van der Waals surface area contributed by atoms with Crippen molar-refractivity contribution >= 4 is 27.9 Å². The Hall–Kier alpha value is -3.71. The molecule has 0 unspecified atom stereocenters. The lowest BCUT2D eigenvalue weighted by Crippen LogP contribution is -2.04. The van der Waals surface area contributed by atoms with Gasteiger partial charge in [0.05, 0.1) is 24.5 Å². The highest BCUT2D eigenvalue weighted by atomic mass is 32.1. The summed E-state index contributed by atoms with van der Waals surface area (Å²) in [5.41, 5.74) is 6.40. The quantitative estimate of drug-likeness (QED) is 0.295. The standard InChI is InChI=1S/C27H27N5OS/c1-5-33-23-13-11-22(12-14-23)32-18(3)24-17(2)30-31-26(25(24)19(32)4)28-15-21-16-34-27(29-21)20-9-7-6-8-10-20/h6-14,16H,5,15H2,1-4H3,(H,28,31). The molecule has 0 bridgehead atoms. The first-order valence-corrected chi connectivity index (χ1v) is 12.3. The van der Waals surface area contributed by atoms with E-state index in [2.05, 4.69) is 63.6 Å². The van der Waals surface area contributed by atoms with Crippen molar-refractivity contribution in [2.45, 2.75) is 34.2 Å². The Kier molecular flexibility index (Phi) is 6.02. The number of fused-ring (bicyclic) bond motifs is 1. The lowest BCUT2D eigenvalue weighted by Gasteiger charge is -2.11. The first-order chi connectivity index (χ1) is 16.6. The monoisotopic (exact) mass is 469 g/mol. The van der Waals surface area contributed by atoms with Gasteiger partial charge in [0.1, 0.15) is 10.8 Å². The van der Waals surface area contributed by atoms with E-state index in [1.807, 2.05) is 44.2 Å². The molecule has 0 radical (unpaired) electrons.